The van der Waals surface area contributed by atoms with Gasteiger partial charge in [-0.25, -0.2) is 0 Å². The van der Waals surface area contributed by atoms with Crippen LogP contribution in [0.15, 0.2) is 36.9 Å². The van der Waals surface area contributed by atoms with Gasteiger partial charge in [-0.05, 0) is 43.5 Å². The first kappa shape index (κ1) is 15.3. The van der Waals surface area contributed by atoms with Gasteiger partial charge in [0.05, 0.1) is 0 Å². The number of nitrogens with two attached hydrogens (primary N) is 1. The van der Waals surface area contributed by atoms with Crippen LogP contribution in [0.2, 0.25) is 0 Å². The largest absolute Gasteiger partial charge is 0.349 e. The summed E-state index contributed by atoms with van der Waals surface area (Å²) in [6.45, 7) is 3.97. The molecule has 1 saturated carbocycles. The summed E-state index contributed by atoms with van der Waals surface area (Å²) in [5.41, 5.74) is 6.94. The van der Waals surface area contributed by atoms with Crippen LogP contribution in [0.4, 0.5) is 5.69 Å². The maximum atomic E-state index is 11.9. The first-order chi connectivity index (χ1) is 10.0. The fraction of sp³-hybridized carbons (Fsp3) is 0.375. The van der Waals surface area contributed by atoms with Crippen LogP contribution in [0.25, 0.3) is 0 Å². The highest BCUT2D eigenvalue weighted by Crippen LogP contribution is 2.32. The van der Waals surface area contributed by atoms with Crippen molar-refractivity contribution in [3.63, 3.8) is 0 Å². The van der Waals surface area contributed by atoms with E-state index in [2.05, 4.69) is 17.2 Å². The van der Waals surface area contributed by atoms with Crippen molar-refractivity contribution < 1.29 is 9.59 Å². The minimum absolute atomic E-state index is 0.0824. The highest BCUT2D eigenvalue weighted by Gasteiger charge is 2.34. The summed E-state index contributed by atoms with van der Waals surface area (Å²) in [6.07, 6.45) is 4.87. The second kappa shape index (κ2) is 6.54. The van der Waals surface area contributed by atoms with Crippen molar-refractivity contribution in [3.05, 3.63) is 42.5 Å². The van der Waals surface area contributed by atoms with Crippen LogP contribution in [0.1, 0.15) is 36.0 Å². The Morgan fingerprint density at radius 2 is 1.95 bits per heavy atom. The molecule has 0 spiro atoms. The molecular weight excluding hydrogens is 266 g/mol. The highest BCUT2D eigenvalue weighted by atomic mass is 16.2. The van der Waals surface area contributed by atoms with E-state index in [0.717, 1.165) is 19.3 Å². The van der Waals surface area contributed by atoms with Crippen molar-refractivity contribution in [2.75, 3.05) is 11.9 Å². The molecule has 0 atom stereocenters. The van der Waals surface area contributed by atoms with E-state index in [1.54, 1.807) is 30.3 Å². The van der Waals surface area contributed by atoms with Gasteiger partial charge >= 0.3 is 0 Å². The van der Waals surface area contributed by atoms with Crippen molar-refractivity contribution in [2.45, 2.75) is 31.2 Å². The van der Waals surface area contributed by atoms with Gasteiger partial charge in [-0.3, -0.25) is 9.59 Å². The molecule has 0 bridgehead atoms. The summed E-state index contributed by atoms with van der Waals surface area (Å²) in [5.74, 6) is -0.246. The molecule has 1 aliphatic rings. The third-order valence-electron chi connectivity index (χ3n) is 3.70. The summed E-state index contributed by atoms with van der Waals surface area (Å²) >= 11 is 0. The Morgan fingerprint density at radius 3 is 2.48 bits per heavy atom. The molecule has 0 unspecified atom stereocenters. The van der Waals surface area contributed by atoms with Gasteiger partial charge in [-0.1, -0.05) is 6.08 Å². The van der Waals surface area contributed by atoms with Crippen LogP contribution in [-0.4, -0.2) is 23.9 Å². The van der Waals surface area contributed by atoms with E-state index in [1.807, 2.05) is 0 Å². The van der Waals surface area contributed by atoms with Crippen molar-refractivity contribution in [1.29, 1.82) is 0 Å². The zero-order valence-electron chi connectivity index (χ0n) is 12.0. The van der Waals surface area contributed by atoms with Crippen LogP contribution in [0.5, 0.6) is 0 Å². The number of hydrogen-bond acceptors (Lipinski definition) is 3. The molecule has 2 amide bonds. The Bertz CT molecular complexity index is 533. The Morgan fingerprint density at radius 1 is 1.29 bits per heavy atom. The summed E-state index contributed by atoms with van der Waals surface area (Å²) in [5, 5.41) is 5.50. The first-order valence-corrected chi connectivity index (χ1v) is 7.10. The molecule has 112 valence electrons. The van der Waals surface area contributed by atoms with Crippen LogP contribution < -0.4 is 16.4 Å². The highest BCUT2D eigenvalue weighted by molar-refractivity contribution is 5.96. The van der Waals surface area contributed by atoms with E-state index in [1.165, 1.54) is 0 Å². The Balaban J connectivity index is 1.88. The Kier molecular flexibility index (Phi) is 4.75. The lowest BCUT2D eigenvalue weighted by molar-refractivity contribution is -0.118. The average molecular weight is 287 g/mol. The number of carbonyl (C=O) groups excluding carboxylic acids is 2. The zero-order valence-corrected chi connectivity index (χ0v) is 12.0. The van der Waals surface area contributed by atoms with Crippen LogP contribution in [0, 0.1) is 0 Å². The molecule has 0 aromatic heterocycles. The van der Waals surface area contributed by atoms with Gasteiger partial charge in [0.1, 0.15) is 0 Å². The maximum absolute atomic E-state index is 11.9. The molecule has 1 aromatic carbocycles. The van der Waals surface area contributed by atoms with Crippen LogP contribution in [-0.2, 0) is 4.79 Å². The van der Waals surface area contributed by atoms with Gasteiger partial charge in [0.15, 0.2) is 0 Å². The third kappa shape index (κ3) is 4.16. The van der Waals surface area contributed by atoms with Crippen LogP contribution in [0.3, 0.4) is 0 Å². The van der Waals surface area contributed by atoms with Gasteiger partial charge in [-0.2, -0.15) is 0 Å². The average Bonchev–Trinajstić information content (AvgIpc) is 2.43. The van der Waals surface area contributed by atoms with Crippen LogP contribution >= 0.6 is 0 Å². The molecule has 0 saturated heterocycles. The standard InChI is InChI=1S/C16H21N3O2/c1-2-10-18-15(21)12-4-6-13(7-5-12)19-14(20)11-16(17)8-3-9-16/h2,4-7H,1,3,8-11,17H2,(H,18,21)(H,19,20). The van der Waals surface area contributed by atoms with Gasteiger partial charge in [0.2, 0.25) is 5.91 Å². The van der Waals surface area contributed by atoms with E-state index >= 15 is 0 Å². The third-order valence-corrected chi connectivity index (χ3v) is 3.70. The van der Waals surface area contributed by atoms with Crippen molar-refractivity contribution in [2.24, 2.45) is 5.73 Å². The molecule has 0 aliphatic heterocycles. The Labute approximate surface area is 124 Å². The molecule has 21 heavy (non-hydrogen) atoms. The van der Waals surface area contributed by atoms with Crippen molar-refractivity contribution >= 4 is 17.5 Å². The number of anilines is 1. The second-order valence-corrected chi connectivity index (χ2v) is 5.52. The summed E-state index contributed by atoms with van der Waals surface area (Å²) in [6, 6.07) is 6.78. The van der Waals surface area contributed by atoms with E-state index in [-0.39, 0.29) is 17.4 Å². The summed E-state index contributed by atoms with van der Waals surface area (Å²) in [4.78, 5) is 23.6. The van der Waals surface area contributed by atoms with Gasteiger partial charge < -0.3 is 16.4 Å². The smallest absolute Gasteiger partial charge is 0.251 e. The number of hydrogen-bond donors (Lipinski definition) is 3. The maximum Gasteiger partial charge on any atom is 0.251 e. The molecule has 0 radical (unpaired) electrons. The minimum Gasteiger partial charge on any atom is -0.349 e. The lowest BCUT2D eigenvalue weighted by atomic mass is 9.75. The quantitative estimate of drug-likeness (QED) is 0.698. The summed E-state index contributed by atoms with van der Waals surface area (Å²) < 4.78 is 0. The lowest BCUT2D eigenvalue weighted by Gasteiger charge is -2.37. The molecule has 5 nitrogen and oxygen atoms in total. The summed E-state index contributed by atoms with van der Waals surface area (Å²) in [7, 11) is 0. The zero-order chi connectivity index (χ0) is 15.3. The molecule has 4 N–H and O–H groups in total. The molecule has 1 aromatic rings. The molecule has 1 aliphatic carbocycles. The molecule has 5 heteroatoms. The van der Waals surface area contributed by atoms with E-state index in [0.29, 0.717) is 24.2 Å². The number of amides is 2. The fourth-order valence-corrected chi connectivity index (χ4v) is 2.30. The van der Waals surface area contributed by atoms with Gasteiger partial charge in [0.25, 0.3) is 5.91 Å². The first-order valence-electron chi connectivity index (χ1n) is 7.10. The molecule has 0 heterocycles. The molecular formula is C16H21N3O2. The predicted molar refractivity (Wildman–Crippen MR) is 83.0 cm³/mol. The SMILES string of the molecule is C=CCNC(=O)c1ccc(NC(=O)CC2(N)CCC2)cc1. The number of nitrogens with one attached hydrogen (secondary N) is 2. The van der Waals surface area contributed by atoms with Crippen molar-refractivity contribution in [3.8, 4) is 0 Å². The van der Waals surface area contributed by atoms with E-state index < -0.39 is 0 Å². The topological polar surface area (TPSA) is 84.2 Å². The lowest BCUT2D eigenvalue weighted by Crippen LogP contribution is -2.48. The van der Waals surface area contributed by atoms with E-state index in [4.69, 9.17) is 5.73 Å². The van der Waals surface area contributed by atoms with Crippen molar-refractivity contribution in [1.82, 2.24) is 5.32 Å². The van der Waals surface area contributed by atoms with Gasteiger partial charge in [-0.15, -0.1) is 6.58 Å². The number of carbonyl (C=O) groups is 2. The number of benzene rings is 1. The number of rotatable bonds is 6. The predicted octanol–water partition coefficient (Wildman–Crippen LogP) is 1.81. The minimum atomic E-state index is -0.325. The van der Waals surface area contributed by atoms with E-state index in [9.17, 15) is 9.59 Å². The second-order valence-electron chi connectivity index (χ2n) is 5.52. The molecule has 2 rings (SSSR count). The van der Waals surface area contributed by atoms with Gasteiger partial charge in [0, 0.05) is 29.8 Å². The Hall–Kier alpha value is -2.14. The monoisotopic (exact) mass is 287 g/mol. The fourth-order valence-electron chi connectivity index (χ4n) is 2.30. The molecule has 1 fully saturated rings. The normalized spacial score (nSPS) is 15.7.